The smallest absolute Gasteiger partial charge is 0.259 e. The van der Waals surface area contributed by atoms with Crippen LogP contribution in [0.3, 0.4) is 0 Å². The number of pyridine rings is 2. The van der Waals surface area contributed by atoms with Crippen molar-refractivity contribution in [1.82, 2.24) is 24.4 Å². The van der Waals surface area contributed by atoms with Crippen LogP contribution in [-0.2, 0) is 7.05 Å². The van der Waals surface area contributed by atoms with Gasteiger partial charge in [0.05, 0.1) is 0 Å². The number of nitrogens with one attached hydrogen (secondary N) is 1. The third-order valence-corrected chi connectivity index (χ3v) is 7.95. The second-order valence-electron chi connectivity index (χ2n) is 10.3. The summed E-state index contributed by atoms with van der Waals surface area (Å²) in [4.78, 5) is 28.6. The van der Waals surface area contributed by atoms with Crippen molar-refractivity contribution in [3.63, 3.8) is 0 Å². The molecule has 1 fully saturated rings. The van der Waals surface area contributed by atoms with E-state index < -0.39 is 5.95 Å². The molecule has 0 spiro atoms. The van der Waals surface area contributed by atoms with Crippen molar-refractivity contribution in [2.24, 2.45) is 7.05 Å². The lowest BCUT2D eigenvalue weighted by Gasteiger charge is -2.29. The number of hydrogen-bond donors (Lipinski definition) is 1. The topological polar surface area (TPSA) is 75.9 Å². The zero-order valence-electron chi connectivity index (χ0n) is 22.2. The summed E-state index contributed by atoms with van der Waals surface area (Å²) in [6.07, 6.45) is 5.42. The highest BCUT2D eigenvalue weighted by atomic mass is 35.5. The lowest BCUT2D eigenvalue weighted by atomic mass is 9.89. The van der Waals surface area contributed by atoms with E-state index in [9.17, 15) is 9.18 Å². The van der Waals surface area contributed by atoms with Gasteiger partial charge in [0.15, 0.2) is 0 Å². The summed E-state index contributed by atoms with van der Waals surface area (Å²) >= 11 is 6.59. The molecule has 0 bridgehead atoms. The summed E-state index contributed by atoms with van der Waals surface area (Å²) < 4.78 is 15.7. The van der Waals surface area contributed by atoms with Crippen LogP contribution >= 0.6 is 11.6 Å². The fraction of sp³-hybridized carbons (Fsp3) is 0.226. The van der Waals surface area contributed by atoms with Crippen LogP contribution < -0.4 is 10.9 Å². The molecule has 0 atom stereocenters. The SMILES string of the molecule is CN1CCC(c2ccc(Nc3ncc4cc(-c5ccc(-c6cccnc6F)cc5Cl)c(=O)n(C)c4n3)cc2)CC1. The predicted octanol–water partition coefficient (Wildman–Crippen LogP) is 6.40. The van der Waals surface area contributed by atoms with Crippen LogP contribution in [0.4, 0.5) is 16.0 Å². The molecule has 2 aromatic carbocycles. The van der Waals surface area contributed by atoms with Gasteiger partial charge >= 0.3 is 0 Å². The van der Waals surface area contributed by atoms with Gasteiger partial charge in [-0.25, -0.2) is 9.97 Å². The lowest BCUT2D eigenvalue weighted by Crippen LogP contribution is -2.29. The summed E-state index contributed by atoms with van der Waals surface area (Å²) in [5, 5.41) is 4.29. The van der Waals surface area contributed by atoms with E-state index >= 15 is 0 Å². The minimum Gasteiger partial charge on any atom is -0.324 e. The molecule has 1 aliphatic heterocycles. The van der Waals surface area contributed by atoms with E-state index in [4.69, 9.17) is 11.6 Å². The monoisotopic (exact) mass is 554 g/mol. The number of fused-ring (bicyclic) bond motifs is 1. The Hall–Kier alpha value is -4.14. The van der Waals surface area contributed by atoms with E-state index in [0.29, 0.717) is 50.2 Å². The van der Waals surface area contributed by atoms with Gasteiger partial charge in [-0.3, -0.25) is 9.36 Å². The minimum absolute atomic E-state index is 0.248. The van der Waals surface area contributed by atoms with Crippen LogP contribution in [0.2, 0.25) is 5.02 Å². The van der Waals surface area contributed by atoms with Gasteiger partial charge < -0.3 is 10.2 Å². The van der Waals surface area contributed by atoms with E-state index in [-0.39, 0.29) is 5.56 Å². The Bertz CT molecular complexity index is 1760. The number of rotatable bonds is 5. The van der Waals surface area contributed by atoms with Crippen LogP contribution in [0.5, 0.6) is 0 Å². The zero-order valence-corrected chi connectivity index (χ0v) is 23.0. The van der Waals surface area contributed by atoms with Gasteiger partial charge in [-0.05, 0) is 86.4 Å². The van der Waals surface area contributed by atoms with Crippen molar-refractivity contribution in [1.29, 1.82) is 0 Å². The molecule has 7 nitrogen and oxygen atoms in total. The molecule has 1 saturated heterocycles. The molecule has 1 N–H and O–H groups in total. The maximum Gasteiger partial charge on any atom is 0.259 e. The molecule has 0 saturated carbocycles. The first-order chi connectivity index (χ1) is 19.4. The molecule has 3 aromatic heterocycles. The number of benzene rings is 2. The van der Waals surface area contributed by atoms with Gasteiger partial charge in [-0.2, -0.15) is 9.37 Å². The van der Waals surface area contributed by atoms with E-state index in [1.165, 1.54) is 29.2 Å². The first-order valence-electron chi connectivity index (χ1n) is 13.2. The number of nitrogens with zero attached hydrogens (tertiary/aromatic N) is 5. The Morgan fingerprint density at radius 3 is 2.45 bits per heavy atom. The van der Waals surface area contributed by atoms with E-state index in [1.54, 1.807) is 49.6 Å². The van der Waals surface area contributed by atoms with Crippen LogP contribution in [0, 0.1) is 5.95 Å². The van der Waals surface area contributed by atoms with Gasteiger partial charge in [0, 0.05) is 52.2 Å². The molecule has 0 radical (unpaired) electrons. The van der Waals surface area contributed by atoms with Crippen LogP contribution in [0.25, 0.3) is 33.3 Å². The highest BCUT2D eigenvalue weighted by molar-refractivity contribution is 6.33. The van der Waals surface area contributed by atoms with E-state index in [1.807, 2.05) is 12.1 Å². The fourth-order valence-electron chi connectivity index (χ4n) is 5.31. The predicted molar refractivity (Wildman–Crippen MR) is 158 cm³/mol. The molecule has 202 valence electrons. The standard InChI is InChI=1S/C31H28ClFN6O/c1-38-14-11-20(12-15-38)19-5-8-23(9-6-19)36-31-35-18-22-16-26(30(40)39(2)29(22)37-31)25-10-7-21(17-27(25)32)24-4-3-13-34-28(24)33/h3-10,13,16-18,20H,11-12,14-15H2,1-2H3,(H,35,36,37). The summed E-state index contributed by atoms with van der Waals surface area (Å²) in [5.74, 6) is 0.415. The first-order valence-corrected chi connectivity index (χ1v) is 13.6. The van der Waals surface area contributed by atoms with E-state index in [0.717, 1.165) is 18.8 Å². The summed E-state index contributed by atoms with van der Waals surface area (Å²) in [6.45, 7) is 2.25. The molecular formula is C31H28ClFN6O. The lowest BCUT2D eigenvalue weighted by molar-refractivity contribution is 0.255. The van der Waals surface area contributed by atoms with Gasteiger partial charge in [0.25, 0.3) is 5.56 Å². The summed E-state index contributed by atoms with van der Waals surface area (Å²) in [6, 6.07) is 18.6. The maximum atomic E-state index is 14.2. The number of anilines is 2. The fourth-order valence-corrected chi connectivity index (χ4v) is 5.59. The van der Waals surface area contributed by atoms with Crippen molar-refractivity contribution in [3.8, 4) is 22.3 Å². The van der Waals surface area contributed by atoms with Crippen molar-refractivity contribution >= 4 is 34.3 Å². The normalized spacial score (nSPS) is 14.5. The Morgan fingerprint density at radius 1 is 0.950 bits per heavy atom. The Labute approximate surface area is 236 Å². The number of hydrogen-bond acceptors (Lipinski definition) is 6. The molecule has 0 amide bonds. The van der Waals surface area contributed by atoms with Crippen molar-refractivity contribution in [2.75, 3.05) is 25.5 Å². The average molecular weight is 555 g/mol. The van der Waals surface area contributed by atoms with Gasteiger partial charge in [0.2, 0.25) is 11.9 Å². The quantitative estimate of drug-likeness (QED) is 0.253. The van der Waals surface area contributed by atoms with Crippen LogP contribution in [0.1, 0.15) is 24.3 Å². The number of halogens is 2. The minimum atomic E-state index is -0.581. The largest absolute Gasteiger partial charge is 0.324 e. The van der Waals surface area contributed by atoms with Crippen LogP contribution in [0.15, 0.2) is 77.9 Å². The number of piperidine rings is 1. The average Bonchev–Trinajstić information content (AvgIpc) is 2.96. The van der Waals surface area contributed by atoms with E-state index in [2.05, 4.69) is 44.3 Å². The molecule has 9 heteroatoms. The number of aryl methyl sites for hydroxylation is 1. The van der Waals surface area contributed by atoms with Crippen molar-refractivity contribution in [3.05, 3.63) is 99.9 Å². The molecule has 0 unspecified atom stereocenters. The molecule has 5 aromatic rings. The maximum absolute atomic E-state index is 14.2. The molecule has 1 aliphatic rings. The molecule has 40 heavy (non-hydrogen) atoms. The third kappa shape index (κ3) is 5.08. The molecule has 6 rings (SSSR count). The van der Waals surface area contributed by atoms with Crippen molar-refractivity contribution in [2.45, 2.75) is 18.8 Å². The zero-order chi connectivity index (χ0) is 27.8. The first kappa shape index (κ1) is 26.1. The second-order valence-corrected chi connectivity index (χ2v) is 10.7. The molecule has 4 heterocycles. The number of aromatic nitrogens is 4. The Balaban J connectivity index is 1.26. The van der Waals surface area contributed by atoms with Gasteiger partial charge in [-0.15, -0.1) is 0 Å². The van der Waals surface area contributed by atoms with Gasteiger partial charge in [-0.1, -0.05) is 35.9 Å². The molecular weight excluding hydrogens is 527 g/mol. The van der Waals surface area contributed by atoms with Crippen LogP contribution in [-0.4, -0.2) is 44.6 Å². The van der Waals surface area contributed by atoms with Crippen molar-refractivity contribution < 1.29 is 4.39 Å². The summed E-state index contributed by atoms with van der Waals surface area (Å²) in [7, 11) is 3.85. The third-order valence-electron chi connectivity index (χ3n) is 7.63. The Morgan fingerprint density at radius 2 is 1.73 bits per heavy atom. The second kappa shape index (κ2) is 10.8. The Kier molecular flexibility index (Phi) is 7.04. The van der Waals surface area contributed by atoms with Gasteiger partial charge in [0.1, 0.15) is 5.65 Å². The molecule has 0 aliphatic carbocycles. The number of likely N-dealkylation sites (tertiary alicyclic amines) is 1. The highest BCUT2D eigenvalue weighted by Crippen LogP contribution is 2.33. The highest BCUT2D eigenvalue weighted by Gasteiger charge is 2.19. The summed E-state index contributed by atoms with van der Waals surface area (Å²) in [5.41, 5.74) is 4.36.